The molecule has 25 heavy (non-hydrogen) atoms. The second-order valence-corrected chi connectivity index (χ2v) is 8.00. The third kappa shape index (κ3) is 4.60. The van der Waals surface area contributed by atoms with Crippen molar-refractivity contribution in [2.75, 3.05) is 17.4 Å². The average Bonchev–Trinajstić information content (AvgIpc) is 2.61. The minimum atomic E-state index is -3.63. The molecule has 0 aliphatic heterocycles. The largest absolute Gasteiger partial charge is 0.352 e. The van der Waals surface area contributed by atoms with Gasteiger partial charge in [0, 0.05) is 18.7 Å². The number of amides is 1. The molecule has 0 aliphatic rings. The van der Waals surface area contributed by atoms with E-state index in [4.69, 9.17) is 0 Å². The Labute approximate surface area is 149 Å². The van der Waals surface area contributed by atoms with Gasteiger partial charge in [-0.2, -0.15) is 0 Å². The Bertz CT molecular complexity index is 800. The van der Waals surface area contributed by atoms with Crippen molar-refractivity contribution in [3.8, 4) is 0 Å². The first kappa shape index (κ1) is 19.0. The predicted octanol–water partition coefficient (Wildman–Crippen LogP) is 3.29. The summed E-state index contributed by atoms with van der Waals surface area (Å²) < 4.78 is 26.9. The fourth-order valence-corrected chi connectivity index (χ4v) is 3.88. The molecular formula is C19H24N2O3S. The van der Waals surface area contributed by atoms with Crippen LogP contribution < -0.4 is 9.62 Å². The maximum absolute atomic E-state index is 12.8. The molecule has 0 bridgehead atoms. The van der Waals surface area contributed by atoms with Crippen LogP contribution in [-0.2, 0) is 10.0 Å². The molecule has 2 aromatic carbocycles. The number of nitrogens with one attached hydrogen (secondary N) is 1. The fraction of sp³-hybridized carbons (Fsp3) is 0.316. The van der Waals surface area contributed by atoms with E-state index in [9.17, 15) is 13.2 Å². The number of sulfonamides is 1. The van der Waals surface area contributed by atoms with Crippen LogP contribution in [0.1, 0.15) is 31.1 Å². The Morgan fingerprint density at radius 3 is 2.16 bits per heavy atom. The number of nitrogens with zero attached hydrogens (tertiary/aromatic N) is 1. The van der Waals surface area contributed by atoms with E-state index >= 15 is 0 Å². The van der Waals surface area contributed by atoms with Crippen LogP contribution in [0.3, 0.4) is 0 Å². The highest BCUT2D eigenvalue weighted by Crippen LogP contribution is 2.23. The summed E-state index contributed by atoms with van der Waals surface area (Å²) >= 11 is 0. The zero-order valence-electron chi connectivity index (χ0n) is 14.8. The number of carbonyl (C=O) groups excluding carboxylic acids is 1. The van der Waals surface area contributed by atoms with Crippen LogP contribution in [0.15, 0.2) is 59.5 Å². The summed E-state index contributed by atoms with van der Waals surface area (Å²) in [4.78, 5) is 12.3. The molecule has 0 aliphatic carbocycles. The van der Waals surface area contributed by atoms with Crippen molar-refractivity contribution in [1.29, 1.82) is 0 Å². The van der Waals surface area contributed by atoms with Crippen LogP contribution >= 0.6 is 0 Å². The van der Waals surface area contributed by atoms with E-state index in [0.717, 1.165) is 0 Å². The lowest BCUT2D eigenvalue weighted by Crippen LogP contribution is -2.31. The highest BCUT2D eigenvalue weighted by atomic mass is 32.2. The van der Waals surface area contributed by atoms with Crippen molar-refractivity contribution >= 4 is 21.6 Å². The number of anilines is 1. The average molecular weight is 360 g/mol. The first-order valence-electron chi connectivity index (χ1n) is 8.32. The highest BCUT2D eigenvalue weighted by molar-refractivity contribution is 7.92. The van der Waals surface area contributed by atoms with Crippen molar-refractivity contribution in [2.45, 2.75) is 25.7 Å². The highest BCUT2D eigenvalue weighted by Gasteiger charge is 2.23. The maximum Gasteiger partial charge on any atom is 0.264 e. The topological polar surface area (TPSA) is 66.5 Å². The predicted molar refractivity (Wildman–Crippen MR) is 100 cm³/mol. The first-order chi connectivity index (χ1) is 11.9. The van der Waals surface area contributed by atoms with Crippen LogP contribution in [0.5, 0.6) is 0 Å². The van der Waals surface area contributed by atoms with Crippen LogP contribution in [0.4, 0.5) is 5.69 Å². The van der Waals surface area contributed by atoms with Crippen molar-refractivity contribution in [2.24, 2.45) is 5.92 Å². The van der Waals surface area contributed by atoms with Crippen molar-refractivity contribution in [3.63, 3.8) is 0 Å². The van der Waals surface area contributed by atoms with Gasteiger partial charge in [-0.15, -0.1) is 0 Å². The second kappa shape index (κ2) is 8.16. The minimum Gasteiger partial charge on any atom is -0.352 e. The molecule has 0 aromatic heterocycles. The van der Waals surface area contributed by atoms with E-state index in [1.807, 2.05) is 13.8 Å². The standard InChI is InChI=1S/C19H24N2O3S/c1-4-21(25(23,24)18-8-6-5-7-9-18)17-12-10-16(11-13-17)19(22)20-14-15(2)3/h5-13,15H,4,14H2,1-3H3,(H,20,22). The molecule has 6 heteroatoms. The van der Waals surface area contributed by atoms with Crippen LogP contribution in [0.25, 0.3) is 0 Å². The second-order valence-electron chi connectivity index (χ2n) is 6.13. The lowest BCUT2D eigenvalue weighted by molar-refractivity contribution is 0.0949. The Morgan fingerprint density at radius 2 is 1.64 bits per heavy atom. The molecule has 0 unspecified atom stereocenters. The maximum atomic E-state index is 12.8. The number of hydrogen-bond acceptors (Lipinski definition) is 3. The number of rotatable bonds is 7. The Balaban J connectivity index is 2.23. The first-order valence-corrected chi connectivity index (χ1v) is 9.76. The van der Waals surface area contributed by atoms with Gasteiger partial charge in [0.25, 0.3) is 15.9 Å². The summed E-state index contributed by atoms with van der Waals surface area (Å²) in [7, 11) is -3.63. The van der Waals surface area contributed by atoms with Crippen LogP contribution in [0.2, 0.25) is 0 Å². The molecule has 2 aromatic rings. The van der Waals surface area contributed by atoms with Gasteiger partial charge in [0.05, 0.1) is 10.6 Å². The molecule has 0 atom stereocenters. The van der Waals surface area contributed by atoms with E-state index in [1.54, 1.807) is 61.5 Å². The third-order valence-corrected chi connectivity index (χ3v) is 5.62. The monoisotopic (exact) mass is 360 g/mol. The molecule has 1 N–H and O–H groups in total. The lowest BCUT2D eigenvalue weighted by atomic mass is 10.1. The van der Waals surface area contributed by atoms with Gasteiger partial charge >= 0.3 is 0 Å². The summed E-state index contributed by atoms with van der Waals surface area (Å²) in [6.07, 6.45) is 0. The zero-order valence-corrected chi connectivity index (χ0v) is 15.6. The van der Waals surface area contributed by atoms with Gasteiger partial charge in [0.2, 0.25) is 0 Å². The summed E-state index contributed by atoms with van der Waals surface area (Å²) in [5, 5.41) is 2.85. The molecule has 0 heterocycles. The van der Waals surface area contributed by atoms with E-state index in [-0.39, 0.29) is 10.8 Å². The van der Waals surface area contributed by atoms with E-state index < -0.39 is 10.0 Å². The molecule has 2 rings (SSSR count). The van der Waals surface area contributed by atoms with Gasteiger partial charge in [0.1, 0.15) is 0 Å². The smallest absolute Gasteiger partial charge is 0.264 e. The van der Waals surface area contributed by atoms with E-state index in [2.05, 4.69) is 5.32 Å². The number of carbonyl (C=O) groups is 1. The Kier molecular flexibility index (Phi) is 6.20. The van der Waals surface area contributed by atoms with Gasteiger partial charge in [-0.3, -0.25) is 9.10 Å². The molecular weight excluding hydrogens is 336 g/mol. The number of benzene rings is 2. The van der Waals surface area contributed by atoms with Crippen molar-refractivity contribution in [3.05, 3.63) is 60.2 Å². The molecule has 0 radical (unpaired) electrons. The minimum absolute atomic E-state index is 0.158. The molecule has 0 saturated heterocycles. The SMILES string of the molecule is CCN(c1ccc(C(=O)NCC(C)C)cc1)S(=O)(=O)c1ccccc1. The van der Waals surface area contributed by atoms with Gasteiger partial charge < -0.3 is 5.32 Å². The molecule has 0 saturated carbocycles. The molecule has 0 spiro atoms. The fourth-order valence-electron chi connectivity index (χ4n) is 2.39. The van der Waals surface area contributed by atoms with Gasteiger partial charge in [-0.05, 0) is 49.2 Å². The Morgan fingerprint density at radius 1 is 1.04 bits per heavy atom. The quantitative estimate of drug-likeness (QED) is 0.824. The summed E-state index contributed by atoms with van der Waals surface area (Å²) in [5.74, 6) is 0.212. The van der Waals surface area contributed by atoms with Gasteiger partial charge in [-0.1, -0.05) is 32.0 Å². The Hall–Kier alpha value is -2.34. The van der Waals surface area contributed by atoms with Gasteiger partial charge in [0.15, 0.2) is 0 Å². The van der Waals surface area contributed by atoms with Crippen molar-refractivity contribution in [1.82, 2.24) is 5.32 Å². The number of hydrogen-bond donors (Lipinski definition) is 1. The normalized spacial score (nSPS) is 11.4. The molecule has 0 fully saturated rings. The lowest BCUT2D eigenvalue weighted by Gasteiger charge is -2.23. The molecule has 134 valence electrons. The molecule has 5 nitrogen and oxygen atoms in total. The van der Waals surface area contributed by atoms with Crippen LogP contribution in [0, 0.1) is 5.92 Å². The summed E-state index contributed by atoms with van der Waals surface area (Å²) in [5.41, 5.74) is 1.05. The van der Waals surface area contributed by atoms with E-state index in [1.165, 1.54) is 4.31 Å². The summed E-state index contributed by atoms with van der Waals surface area (Å²) in [6.45, 7) is 6.73. The summed E-state index contributed by atoms with van der Waals surface area (Å²) in [6, 6.07) is 14.9. The zero-order chi connectivity index (χ0) is 18.4. The van der Waals surface area contributed by atoms with Crippen molar-refractivity contribution < 1.29 is 13.2 Å². The van der Waals surface area contributed by atoms with Crippen LogP contribution in [-0.4, -0.2) is 27.4 Å². The van der Waals surface area contributed by atoms with Gasteiger partial charge in [-0.25, -0.2) is 8.42 Å². The van der Waals surface area contributed by atoms with E-state index in [0.29, 0.717) is 30.3 Å². The third-order valence-electron chi connectivity index (χ3n) is 3.71. The molecule has 1 amide bonds.